The Labute approximate surface area is 179 Å². The number of allylic oxidation sites excluding steroid dienone is 1. The maximum absolute atomic E-state index is 13.7. The van der Waals surface area contributed by atoms with Crippen molar-refractivity contribution >= 4 is 46.5 Å². The summed E-state index contributed by atoms with van der Waals surface area (Å²) in [5, 5.41) is 8.90. The summed E-state index contributed by atoms with van der Waals surface area (Å²) >= 11 is 19.0. The Kier molecular flexibility index (Phi) is 5.34. The van der Waals surface area contributed by atoms with Crippen molar-refractivity contribution in [2.75, 3.05) is 11.9 Å². The van der Waals surface area contributed by atoms with Crippen LogP contribution in [0.3, 0.4) is 0 Å². The van der Waals surface area contributed by atoms with Crippen molar-refractivity contribution in [3.63, 3.8) is 0 Å². The molecule has 2 aliphatic rings. The van der Waals surface area contributed by atoms with E-state index < -0.39 is 6.04 Å². The number of hydrogen-bond donors (Lipinski definition) is 1. The summed E-state index contributed by atoms with van der Waals surface area (Å²) in [6.45, 7) is 4.78. The van der Waals surface area contributed by atoms with E-state index in [0.717, 1.165) is 37.1 Å². The number of anilines is 1. The predicted octanol–water partition coefficient (Wildman–Crippen LogP) is 5.53. The Morgan fingerprint density at radius 2 is 2.11 bits per heavy atom. The summed E-state index contributed by atoms with van der Waals surface area (Å²) in [5.74, 6) is 0.723. The van der Waals surface area contributed by atoms with Gasteiger partial charge in [-0.3, -0.25) is 4.79 Å². The van der Waals surface area contributed by atoms with Crippen LogP contribution in [0.5, 0.6) is 0 Å². The highest BCUT2D eigenvalue weighted by molar-refractivity contribution is 6.42. The summed E-state index contributed by atoms with van der Waals surface area (Å²) in [6.07, 6.45) is 2.99. The zero-order chi connectivity index (χ0) is 20.0. The molecule has 5 nitrogen and oxygen atoms in total. The molecular weight excluding hydrogens is 419 g/mol. The van der Waals surface area contributed by atoms with E-state index in [-0.39, 0.29) is 11.9 Å². The quantitative estimate of drug-likeness (QED) is 0.684. The summed E-state index contributed by atoms with van der Waals surface area (Å²) in [5.41, 5.74) is 2.13. The lowest BCUT2D eigenvalue weighted by atomic mass is 9.94. The highest BCUT2D eigenvalue weighted by Gasteiger charge is 2.39. The average molecular weight is 440 g/mol. The molecule has 2 aliphatic heterocycles. The Hall–Kier alpha value is -1.69. The molecular formula is C20H21Cl3N4O. The zero-order valence-corrected chi connectivity index (χ0v) is 17.9. The molecule has 0 radical (unpaired) electrons. The number of hydrogen-bond acceptors (Lipinski definition) is 3. The first kappa shape index (κ1) is 19.6. The minimum absolute atomic E-state index is 0.00710. The van der Waals surface area contributed by atoms with Gasteiger partial charge in [0.25, 0.3) is 5.91 Å². The monoisotopic (exact) mass is 438 g/mol. The van der Waals surface area contributed by atoms with Gasteiger partial charge in [0.15, 0.2) is 5.15 Å². The average Bonchev–Trinajstić information content (AvgIpc) is 3.28. The molecule has 1 saturated heterocycles. The van der Waals surface area contributed by atoms with Crippen LogP contribution in [0, 0.1) is 0 Å². The number of benzene rings is 1. The van der Waals surface area contributed by atoms with E-state index in [2.05, 4.69) is 17.3 Å². The molecule has 2 atom stereocenters. The number of aromatic nitrogens is 2. The van der Waals surface area contributed by atoms with Crippen LogP contribution >= 0.6 is 34.8 Å². The third-order valence-corrected chi connectivity index (χ3v) is 6.58. The van der Waals surface area contributed by atoms with Crippen molar-refractivity contribution in [1.82, 2.24) is 14.7 Å². The summed E-state index contributed by atoms with van der Waals surface area (Å²) in [4.78, 5) is 15.6. The molecule has 148 valence electrons. The molecule has 0 saturated carbocycles. The van der Waals surface area contributed by atoms with Crippen LogP contribution in [-0.4, -0.2) is 33.2 Å². The minimum Gasteiger partial charge on any atom is -0.344 e. The molecule has 3 heterocycles. The van der Waals surface area contributed by atoms with Gasteiger partial charge in [-0.1, -0.05) is 53.9 Å². The van der Waals surface area contributed by atoms with E-state index in [0.29, 0.717) is 26.6 Å². The van der Waals surface area contributed by atoms with Gasteiger partial charge in [-0.15, -0.1) is 0 Å². The molecule has 8 heteroatoms. The number of carbonyl (C=O) groups excluding carboxylic acids is 1. The number of amides is 1. The highest BCUT2D eigenvalue weighted by Crippen LogP contribution is 2.42. The molecule has 1 aromatic heterocycles. The minimum atomic E-state index is -0.499. The number of rotatable bonds is 3. The smallest absolute Gasteiger partial charge is 0.254 e. The lowest BCUT2D eigenvalue weighted by molar-refractivity contribution is -0.128. The third-order valence-electron chi connectivity index (χ3n) is 5.56. The molecule has 28 heavy (non-hydrogen) atoms. The van der Waals surface area contributed by atoms with Gasteiger partial charge >= 0.3 is 0 Å². The van der Waals surface area contributed by atoms with Crippen LogP contribution in [0.1, 0.15) is 44.7 Å². The highest BCUT2D eigenvalue weighted by atomic mass is 35.5. The van der Waals surface area contributed by atoms with Gasteiger partial charge in [-0.2, -0.15) is 5.10 Å². The maximum Gasteiger partial charge on any atom is 0.254 e. The second-order valence-corrected chi connectivity index (χ2v) is 8.38. The maximum atomic E-state index is 13.7. The second-order valence-electron chi connectivity index (χ2n) is 7.21. The van der Waals surface area contributed by atoms with E-state index in [4.69, 9.17) is 34.8 Å². The first-order valence-corrected chi connectivity index (χ1v) is 10.5. The fourth-order valence-corrected chi connectivity index (χ4v) is 4.82. The van der Waals surface area contributed by atoms with Gasteiger partial charge in [-0.05, 0) is 32.3 Å². The lowest BCUT2D eigenvalue weighted by Gasteiger charge is -2.34. The summed E-state index contributed by atoms with van der Waals surface area (Å²) < 4.78 is 1.72. The predicted molar refractivity (Wildman–Crippen MR) is 113 cm³/mol. The van der Waals surface area contributed by atoms with E-state index in [1.54, 1.807) is 16.8 Å². The van der Waals surface area contributed by atoms with E-state index in [1.165, 1.54) is 0 Å². The first-order chi connectivity index (χ1) is 13.4. The lowest BCUT2D eigenvalue weighted by Crippen LogP contribution is -2.40. The largest absolute Gasteiger partial charge is 0.344 e. The van der Waals surface area contributed by atoms with Gasteiger partial charge in [0.05, 0.1) is 15.6 Å². The van der Waals surface area contributed by atoms with Crippen LogP contribution in [0.4, 0.5) is 5.82 Å². The van der Waals surface area contributed by atoms with Gasteiger partial charge < -0.3 is 10.2 Å². The fraction of sp³-hybridized carbons (Fsp3) is 0.400. The standard InChI is InChI=1S/C20H21Cl3N4O/c1-3-12-6-5-9-26(12)20(28)17-11(2)24-16-10-15(22)25-27(16)19(17)13-7-4-8-14(21)18(13)23/h4,7-8,10,12,19,24H,3,5-6,9H2,1-2H3/t12-,19?/m1/s1. The number of likely N-dealkylation sites (tertiary alicyclic amines) is 1. The second kappa shape index (κ2) is 7.62. The molecule has 0 spiro atoms. The Morgan fingerprint density at radius 1 is 1.32 bits per heavy atom. The summed E-state index contributed by atoms with van der Waals surface area (Å²) in [7, 11) is 0. The first-order valence-electron chi connectivity index (χ1n) is 9.40. The van der Waals surface area contributed by atoms with Crippen molar-refractivity contribution in [3.8, 4) is 0 Å². The molecule has 1 amide bonds. The number of nitrogens with zero attached hydrogens (tertiary/aromatic N) is 3. The van der Waals surface area contributed by atoms with Gasteiger partial charge in [-0.25, -0.2) is 4.68 Å². The van der Waals surface area contributed by atoms with Gasteiger partial charge in [0.2, 0.25) is 0 Å². The van der Waals surface area contributed by atoms with Crippen molar-refractivity contribution < 1.29 is 4.79 Å². The van der Waals surface area contributed by atoms with Gasteiger partial charge in [0, 0.05) is 29.9 Å². The van der Waals surface area contributed by atoms with Crippen LogP contribution in [0.15, 0.2) is 35.5 Å². The molecule has 1 aromatic carbocycles. The molecule has 1 unspecified atom stereocenters. The molecule has 0 bridgehead atoms. The normalized spacial score (nSPS) is 21.7. The number of nitrogens with one attached hydrogen (secondary N) is 1. The molecule has 4 rings (SSSR count). The molecule has 2 aromatic rings. The fourth-order valence-electron chi connectivity index (χ4n) is 4.22. The molecule has 1 N–H and O–H groups in total. The van der Waals surface area contributed by atoms with Crippen molar-refractivity contribution in [2.45, 2.75) is 45.2 Å². The van der Waals surface area contributed by atoms with E-state index in [9.17, 15) is 4.79 Å². The van der Waals surface area contributed by atoms with Crippen molar-refractivity contribution in [1.29, 1.82) is 0 Å². The molecule has 1 fully saturated rings. The van der Waals surface area contributed by atoms with Gasteiger partial charge in [0.1, 0.15) is 11.9 Å². The van der Waals surface area contributed by atoms with Crippen LogP contribution in [-0.2, 0) is 4.79 Å². The number of carbonyl (C=O) groups is 1. The third kappa shape index (κ3) is 3.19. The van der Waals surface area contributed by atoms with Crippen LogP contribution in [0.25, 0.3) is 0 Å². The molecule has 0 aliphatic carbocycles. The van der Waals surface area contributed by atoms with Crippen molar-refractivity contribution in [3.05, 3.63) is 56.3 Å². The topological polar surface area (TPSA) is 50.2 Å². The van der Waals surface area contributed by atoms with E-state index >= 15 is 0 Å². The van der Waals surface area contributed by atoms with E-state index in [1.807, 2.05) is 24.0 Å². The SMILES string of the molecule is CC[C@@H]1CCCN1C(=O)C1=C(C)Nc2cc(Cl)nn2C1c1cccc(Cl)c1Cl. The Morgan fingerprint density at radius 3 is 2.86 bits per heavy atom. The zero-order valence-electron chi connectivity index (χ0n) is 15.7. The Balaban J connectivity index is 1.87. The van der Waals surface area contributed by atoms with Crippen LogP contribution in [0.2, 0.25) is 15.2 Å². The summed E-state index contributed by atoms with van der Waals surface area (Å²) in [6, 6.07) is 6.94. The van der Waals surface area contributed by atoms with Crippen molar-refractivity contribution in [2.24, 2.45) is 0 Å². The number of fused-ring (bicyclic) bond motifs is 1. The Bertz CT molecular complexity index is 968. The number of halogens is 3. The van der Waals surface area contributed by atoms with Crippen LogP contribution < -0.4 is 5.32 Å².